The van der Waals surface area contributed by atoms with Crippen molar-refractivity contribution in [3.63, 3.8) is 0 Å². The molecular weight excluding hydrogens is 351 g/mol. The molecule has 2 N–H and O–H groups in total. The molecule has 0 aliphatic heterocycles. The zero-order valence-electron chi connectivity index (χ0n) is 14.3. The summed E-state index contributed by atoms with van der Waals surface area (Å²) < 4.78 is 31.7. The Balaban J connectivity index is 0.000000381. The lowest BCUT2D eigenvalue weighted by atomic mass is 9.98. The molecule has 0 spiro atoms. The van der Waals surface area contributed by atoms with Gasteiger partial charge in [-0.05, 0) is 39.4 Å². The van der Waals surface area contributed by atoms with Crippen LogP contribution in [-0.4, -0.2) is 29.8 Å². The van der Waals surface area contributed by atoms with Gasteiger partial charge in [-0.25, -0.2) is 4.79 Å². The van der Waals surface area contributed by atoms with Gasteiger partial charge in [0.15, 0.2) is 0 Å². The van der Waals surface area contributed by atoms with Gasteiger partial charge in [0.1, 0.15) is 0 Å². The Morgan fingerprint density at radius 1 is 1.12 bits per heavy atom. The number of hydrogen-bond donors (Lipinski definition) is 2. The van der Waals surface area contributed by atoms with E-state index < -0.39 is 12.1 Å². The lowest BCUT2D eigenvalue weighted by Crippen LogP contribution is -2.26. The maximum absolute atomic E-state index is 10.6. The van der Waals surface area contributed by atoms with Crippen LogP contribution in [0.25, 0.3) is 11.1 Å². The summed E-state index contributed by atoms with van der Waals surface area (Å²) in [6.45, 7) is 7.68. The molecule has 1 aromatic carbocycles. The zero-order chi connectivity index (χ0) is 19.0. The minimum absolute atomic E-state index is 0.553. The van der Waals surface area contributed by atoms with E-state index in [4.69, 9.17) is 9.90 Å². The van der Waals surface area contributed by atoms with Gasteiger partial charge in [0.05, 0.1) is 0 Å². The third-order valence-corrected chi connectivity index (χ3v) is 4.09. The SMILES string of the molecule is CC(C)NCC(C)c1ccc(-c2ccsc2)cc1.O=C(O)C(F)(F)F. The van der Waals surface area contributed by atoms with Crippen molar-refractivity contribution >= 4 is 17.3 Å². The van der Waals surface area contributed by atoms with E-state index in [-0.39, 0.29) is 0 Å². The molecule has 7 heteroatoms. The van der Waals surface area contributed by atoms with Crippen molar-refractivity contribution in [2.45, 2.75) is 38.9 Å². The Morgan fingerprint density at radius 3 is 2.08 bits per heavy atom. The molecule has 1 unspecified atom stereocenters. The maximum atomic E-state index is 10.6. The summed E-state index contributed by atoms with van der Waals surface area (Å²) in [5.41, 5.74) is 4.03. The summed E-state index contributed by atoms with van der Waals surface area (Å²) in [5.74, 6) is -2.20. The van der Waals surface area contributed by atoms with Crippen molar-refractivity contribution in [3.05, 3.63) is 46.7 Å². The summed E-state index contributed by atoms with van der Waals surface area (Å²) in [6, 6.07) is 11.7. The predicted octanol–water partition coefficient (Wildman–Crippen LogP) is 5.15. The van der Waals surface area contributed by atoms with Gasteiger partial charge in [-0.3, -0.25) is 0 Å². The van der Waals surface area contributed by atoms with Crippen molar-refractivity contribution in [1.82, 2.24) is 5.32 Å². The summed E-state index contributed by atoms with van der Waals surface area (Å²) in [6.07, 6.45) is -5.08. The number of aliphatic carboxylic acids is 1. The number of carboxylic acids is 1. The Kier molecular flexibility index (Phi) is 8.12. The number of alkyl halides is 3. The van der Waals surface area contributed by atoms with Gasteiger partial charge in [0, 0.05) is 12.6 Å². The van der Waals surface area contributed by atoms with E-state index in [1.54, 1.807) is 11.3 Å². The van der Waals surface area contributed by atoms with E-state index in [0.29, 0.717) is 12.0 Å². The first-order chi connectivity index (χ1) is 11.6. The number of benzene rings is 1. The second-order valence-electron chi connectivity index (χ2n) is 5.90. The second kappa shape index (κ2) is 9.58. The van der Waals surface area contributed by atoms with Crippen LogP contribution in [0, 0.1) is 0 Å². The molecule has 0 saturated heterocycles. The Hall–Kier alpha value is -1.86. The van der Waals surface area contributed by atoms with Crippen molar-refractivity contribution in [2.24, 2.45) is 0 Å². The van der Waals surface area contributed by atoms with Gasteiger partial charge in [0.2, 0.25) is 0 Å². The van der Waals surface area contributed by atoms with Crippen LogP contribution in [0.5, 0.6) is 0 Å². The van der Waals surface area contributed by atoms with Crippen molar-refractivity contribution in [1.29, 1.82) is 0 Å². The zero-order valence-corrected chi connectivity index (χ0v) is 15.1. The first kappa shape index (κ1) is 21.2. The standard InChI is InChI=1S/C16H21NS.C2HF3O2/c1-12(2)17-10-13(3)14-4-6-15(7-5-14)16-8-9-18-11-16;3-2(4,5)1(6)7/h4-9,11-13,17H,10H2,1-3H3;(H,6,7). The fourth-order valence-corrected chi connectivity index (χ4v) is 2.63. The van der Waals surface area contributed by atoms with Crippen LogP contribution >= 0.6 is 11.3 Å². The number of carbonyl (C=O) groups is 1. The number of nitrogens with one attached hydrogen (secondary N) is 1. The van der Waals surface area contributed by atoms with Gasteiger partial charge in [-0.2, -0.15) is 24.5 Å². The van der Waals surface area contributed by atoms with Crippen LogP contribution in [-0.2, 0) is 4.79 Å². The fourth-order valence-electron chi connectivity index (χ4n) is 1.96. The van der Waals surface area contributed by atoms with Crippen LogP contribution < -0.4 is 5.32 Å². The topological polar surface area (TPSA) is 49.3 Å². The lowest BCUT2D eigenvalue weighted by Gasteiger charge is -2.15. The number of carboxylic acid groups (broad SMARTS) is 1. The third kappa shape index (κ3) is 7.70. The molecule has 0 aliphatic rings. The van der Waals surface area contributed by atoms with E-state index in [9.17, 15) is 13.2 Å². The van der Waals surface area contributed by atoms with Crippen LogP contribution in [0.4, 0.5) is 13.2 Å². The lowest BCUT2D eigenvalue weighted by molar-refractivity contribution is -0.192. The monoisotopic (exact) mass is 373 g/mol. The molecule has 1 atom stereocenters. The number of halogens is 3. The largest absolute Gasteiger partial charge is 0.490 e. The van der Waals surface area contributed by atoms with Gasteiger partial charge >= 0.3 is 12.1 Å². The number of thiophene rings is 1. The minimum atomic E-state index is -5.08. The summed E-state index contributed by atoms with van der Waals surface area (Å²) in [7, 11) is 0. The van der Waals surface area contributed by atoms with Crippen molar-refractivity contribution < 1.29 is 23.1 Å². The van der Waals surface area contributed by atoms with E-state index in [1.807, 2.05) is 0 Å². The Morgan fingerprint density at radius 2 is 1.68 bits per heavy atom. The molecule has 2 rings (SSSR count). The molecular formula is C18H22F3NO2S. The molecule has 0 fully saturated rings. The average Bonchev–Trinajstić information content (AvgIpc) is 3.07. The molecule has 3 nitrogen and oxygen atoms in total. The Labute approximate surface area is 149 Å². The average molecular weight is 373 g/mol. The molecule has 2 aromatic rings. The number of hydrogen-bond acceptors (Lipinski definition) is 3. The second-order valence-corrected chi connectivity index (χ2v) is 6.68. The van der Waals surface area contributed by atoms with E-state index in [1.165, 1.54) is 16.7 Å². The highest BCUT2D eigenvalue weighted by atomic mass is 32.1. The van der Waals surface area contributed by atoms with Crippen LogP contribution in [0.1, 0.15) is 32.3 Å². The fraction of sp³-hybridized carbons (Fsp3) is 0.389. The van der Waals surface area contributed by atoms with E-state index in [0.717, 1.165) is 6.54 Å². The summed E-state index contributed by atoms with van der Waals surface area (Å²) in [4.78, 5) is 8.90. The molecule has 0 saturated carbocycles. The van der Waals surface area contributed by atoms with Gasteiger partial charge < -0.3 is 10.4 Å². The van der Waals surface area contributed by atoms with Crippen molar-refractivity contribution in [2.75, 3.05) is 6.54 Å². The van der Waals surface area contributed by atoms with Crippen LogP contribution in [0.2, 0.25) is 0 Å². The molecule has 0 radical (unpaired) electrons. The van der Waals surface area contributed by atoms with Crippen molar-refractivity contribution in [3.8, 4) is 11.1 Å². The minimum Gasteiger partial charge on any atom is -0.475 e. The smallest absolute Gasteiger partial charge is 0.475 e. The van der Waals surface area contributed by atoms with E-state index >= 15 is 0 Å². The molecule has 1 aromatic heterocycles. The highest BCUT2D eigenvalue weighted by Gasteiger charge is 2.38. The maximum Gasteiger partial charge on any atom is 0.490 e. The highest BCUT2D eigenvalue weighted by molar-refractivity contribution is 7.08. The highest BCUT2D eigenvalue weighted by Crippen LogP contribution is 2.24. The molecule has 0 amide bonds. The molecule has 138 valence electrons. The van der Waals surface area contributed by atoms with Gasteiger partial charge in [-0.1, -0.05) is 45.0 Å². The van der Waals surface area contributed by atoms with Gasteiger partial charge in [-0.15, -0.1) is 0 Å². The van der Waals surface area contributed by atoms with Crippen LogP contribution in [0.15, 0.2) is 41.1 Å². The molecule has 25 heavy (non-hydrogen) atoms. The normalized spacial score (nSPS) is 12.4. The van der Waals surface area contributed by atoms with Crippen LogP contribution in [0.3, 0.4) is 0 Å². The summed E-state index contributed by atoms with van der Waals surface area (Å²) in [5, 5.41) is 14.9. The number of rotatable bonds is 5. The molecule has 0 bridgehead atoms. The summed E-state index contributed by atoms with van der Waals surface area (Å²) >= 11 is 1.75. The third-order valence-electron chi connectivity index (χ3n) is 3.41. The first-order valence-corrected chi connectivity index (χ1v) is 8.71. The Bertz CT molecular complexity index is 637. The van der Waals surface area contributed by atoms with Gasteiger partial charge in [0.25, 0.3) is 0 Å². The van der Waals surface area contributed by atoms with E-state index in [2.05, 4.69) is 67.2 Å². The predicted molar refractivity (Wildman–Crippen MR) is 95.0 cm³/mol. The quantitative estimate of drug-likeness (QED) is 0.762. The molecule has 0 aliphatic carbocycles. The molecule has 1 heterocycles. The first-order valence-electron chi connectivity index (χ1n) is 7.77.